The number of allylic oxidation sites excluding steroid dienone is 1. The molecule has 4 heterocycles. The first-order valence-electron chi connectivity index (χ1n) is 15.1. The fourth-order valence-corrected chi connectivity index (χ4v) is 6.77. The van der Waals surface area contributed by atoms with E-state index >= 15 is 0 Å². The van der Waals surface area contributed by atoms with Crippen molar-refractivity contribution in [2.24, 2.45) is 11.8 Å². The molecule has 1 saturated heterocycles. The Kier molecular flexibility index (Phi) is 10.7. The SMILES string of the molecule is CC1=C(/C=C/O)C(=O)N[C@@H]1Cc1[nH]c(Cc2[nH]c(/C=C3\NC(=O)[C@H](C)[C@H]3CCS)c(C)c2CCC(=O)O)c(CCC(=O)O)c1C. The van der Waals surface area contributed by atoms with Gasteiger partial charge in [0.05, 0.1) is 12.3 Å². The number of carbonyl (C=O) groups is 4. The molecule has 7 N–H and O–H groups in total. The number of aromatic amines is 2. The van der Waals surface area contributed by atoms with E-state index in [0.29, 0.717) is 37.0 Å². The Morgan fingerprint density at radius 1 is 0.933 bits per heavy atom. The number of rotatable bonds is 14. The van der Waals surface area contributed by atoms with E-state index in [9.17, 15) is 34.5 Å². The van der Waals surface area contributed by atoms with Gasteiger partial charge in [-0.3, -0.25) is 19.2 Å². The maximum atomic E-state index is 12.5. The maximum Gasteiger partial charge on any atom is 0.303 e. The summed E-state index contributed by atoms with van der Waals surface area (Å²) in [6, 6.07) is -0.299. The number of H-pyrrole nitrogens is 2. The van der Waals surface area contributed by atoms with Crippen LogP contribution in [0.15, 0.2) is 29.2 Å². The van der Waals surface area contributed by atoms with Crippen molar-refractivity contribution in [3.63, 3.8) is 0 Å². The van der Waals surface area contributed by atoms with Crippen LogP contribution >= 0.6 is 12.6 Å². The average Bonchev–Trinajstić information content (AvgIpc) is 3.61. The van der Waals surface area contributed by atoms with Gasteiger partial charge in [-0.05, 0) is 85.8 Å². The minimum absolute atomic E-state index is 0.00169. The Hall–Kier alpha value is -4.19. The Bertz CT molecular complexity index is 1600. The van der Waals surface area contributed by atoms with Crippen LogP contribution in [0.3, 0.4) is 0 Å². The van der Waals surface area contributed by atoms with Crippen LogP contribution < -0.4 is 10.6 Å². The summed E-state index contributed by atoms with van der Waals surface area (Å²) < 4.78 is 0. The van der Waals surface area contributed by atoms with Gasteiger partial charge in [0, 0.05) is 71.6 Å². The third-order valence-electron chi connectivity index (χ3n) is 9.18. The summed E-state index contributed by atoms with van der Waals surface area (Å²) in [5.41, 5.74) is 8.84. The van der Waals surface area contributed by atoms with Crippen LogP contribution in [-0.4, -0.2) is 60.8 Å². The number of carboxylic acids is 2. The number of aliphatic hydroxyl groups excluding tert-OH is 1. The van der Waals surface area contributed by atoms with Gasteiger partial charge in [0.15, 0.2) is 0 Å². The molecule has 0 unspecified atom stereocenters. The monoisotopic (exact) mass is 638 g/mol. The summed E-state index contributed by atoms with van der Waals surface area (Å²) in [5.74, 6) is -1.68. The number of thiol groups is 1. The highest BCUT2D eigenvalue weighted by molar-refractivity contribution is 7.80. The van der Waals surface area contributed by atoms with Crippen LogP contribution in [-0.2, 0) is 44.9 Å². The summed E-state index contributed by atoms with van der Waals surface area (Å²) in [7, 11) is 0. The molecule has 0 bridgehead atoms. The standard InChI is InChI=1S/C33H42N4O7S/c1-16-20(5-7-30(39)40)27(34-24(16)13-26-18(3)23(9-11-38)33(44)36-26)15-28-21(6-8-31(41)42)17(2)25(35-28)14-29-22(10-12-45)19(4)32(43)37-29/h9,11,14,19,22,26,34-35,38,45H,5-8,10,12-13,15H2,1-4H3,(H,36,44)(H,37,43)(H,39,40)(H,41,42)/b11-9+,29-14-/t19-,22-,26-/m1/s1. The van der Waals surface area contributed by atoms with Gasteiger partial charge in [-0.15, -0.1) is 0 Å². The van der Waals surface area contributed by atoms with E-state index in [1.807, 2.05) is 33.8 Å². The Labute approximate surface area is 267 Å². The molecular formula is C33H42N4O7S. The molecule has 4 rings (SSSR count). The lowest BCUT2D eigenvalue weighted by Gasteiger charge is -2.12. The molecule has 0 aromatic carbocycles. The zero-order valence-electron chi connectivity index (χ0n) is 26.0. The summed E-state index contributed by atoms with van der Waals surface area (Å²) in [4.78, 5) is 55.1. The number of carbonyl (C=O) groups excluding carboxylic acids is 2. The van der Waals surface area contributed by atoms with Crippen LogP contribution in [0.1, 0.15) is 78.1 Å². The minimum Gasteiger partial charge on any atom is -0.516 e. The van der Waals surface area contributed by atoms with Gasteiger partial charge >= 0.3 is 11.9 Å². The van der Waals surface area contributed by atoms with Crippen molar-refractivity contribution in [1.82, 2.24) is 20.6 Å². The van der Waals surface area contributed by atoms with Gasteiger partial charge in [0.2, 0.25) is 5.91 Å². The number of nitrogens with one attached hydrogen (secondary N) is 4. The van der Waals surface area contributed by atoms with E-state index in [0.717, 1.165) is 69.0 Å². The number of aliphatic carboxylic acids is 2. The van der Waals surface area contributed by atoms with Gasteiger partial charge < -0.3 is 35.9 Å². The van der Waals surface area contributed by atoms with Crippen molar-refractivity contribution in [2.45, 2.75) is 78.7 Å². The highest BCUT2D eigenvalue weighted by atomic mass is 32.1. The molecule has 2 aromatic heterocycles. The van der Waals surface area contributed by atoms with Crippen molar-refractivity contribution in [2.75, 3.05) is 5.75 Å². The predicted molar refractivity (Wildman–Crippen MR) is 173 cm³/mol. The third-order valence-corrected chi connectivity index (χ3v) is 9.44. The fourth-order valence-electron chi connectivity index (χ4n) is 6.49. The molecule has 0 spiro atoms. The molecular weight excluding hydrogens is 596 g/mol. The Balaban J connectivity index is 1.74. The molecule has 0 radical (unpaired) electrons. The van der Waals surface area contributed by atoms with E-state index in [2.05, 4.69) is 33.2 Å². The molecule has 1 fully saturated rings. The molecule has 2 aliphatic heterocycles. The van der Waals surface area contributed by atoms with Crippen LogP contribution in [0.25, 0.3) is 6.08 Å². The normalized spacial score (nSPS) is 20.9. The number of hydrogen-bond donors (Lipinski definition) is 8. The Morgan fingerprint density at radius 3 is 2.16 bits per heavy atom. The van der Waals surface area contributed by atoms with E-state index in [1.165, 1.54) is 6.08 Å². The van der Waals surface area contributed by atoms with Gasteiger partial charge in [0.1, 0.15) is 0 Å². The van der Waals surface area contributed by atoms with Crippen LogP contribution in [0.2, 0.25) is 0 Å². The fraction of sp³-hybridized carbons (Fsp3) is 0.455. The lowest BCUT2D eigenvalue weighted by Crippen LogP contribution is -2.30. The quantitative estimate of drug-likeness (QED) is 0.113. The number of aromatic nitrogens is 2. The van der Waals surface area contributed by atoms with Crippen LogP contribution in [0.5, 0.6) is 0 Å². The third kappa shape index (κ3) is 7.38. The second kappa shape index (κ2) is 14.3. The van der Waals surface area contributed by atoms with Crippen molar-refractivity contribution in [3.05, 3.63) is 74.2 Å². The molecule has 2 aromatic rings. The maximum absolute atomic E-state index is 12.5. The van der Waals surface area contributed by atoms with E-state index in [-0.39, 0.29) is 42.5 Å². The molecule has 3 atom stereocenters. The minimum atomic E-state index is -0.916. The van der Waals surface area contributed by atoms with E-state index in [1.54, 1.807) is 0 Å². The van der Waals surface area contributed by atoms with Gasteiger partial charge in [-0.25, -0.2) is 0 Å². The van der Waals surface area contributed by atoms with Gasteiger partial charge in [-0.1, -0.05) is 6.92 Å². The molecule has 2 amide bonds. The summed E-state index contributed by atoms with van der Waals surface area (Å²) >= 11 is 4.38. The van der Waals surface area contributed by atoms with Crippen LogP contribution in [0.4, 0.5) is 0 Å². The van der Waals surface area contributed by atoms with Crippen molar-refractivity contribution < 1.29 is 34.5 Å². The summed E-state index contributed by atoms with van der Waals surface area (Å²) in [6.45, 7) is 7.61. The molecule has 45 heavy (non-hydrogen) atoms. The molecule has 2 aliphatic rings. The highest BCUT2D eigenvalue weighted by Gasteiger charge is 2.35. The first kappa shape index (κ1) is 33.7. The van der Waals surface area contributed by atoms with Crippen LogP contribution in [0, 0.1) is 25.7 Å². The molecule has 242 valence electrons. The number of hydrogen-bond acceptors (Lipinski definition) is 6. The molecule has 11 nitrogen and oxygen atoms in total. The predicted octanol–water partition coefficient (Wildman–Crippen LogP) is 4.06. The largest absolute Gasteiger partial charge is 0.516 e. The van der Waals surface area contributed by atoms with Crippen molar-refractivity contribution >= 4 is 42.5 Å². The Morgan fingerprint density at radius 2 is 1.56 bits per heavy atom. The smallest absolute Gasteiger partial charge is 0.303 e. The number of amides is 2. The summed E-state index contributed by atoms with van der Waals surface area (Å²) in [6.07, 6.45) is 6.19. The topological polar surface area (TPSA) is 185 Å². The lowest BCUT2D eigenvalue weighted by atomic mass is 9.91. The van der Waals surface area contributed by atoms with Gasteiger partial charge in [0.25, 0.3) is 5.91 Å². The lowest BCUT2D eigenvalue weighted by molar-refractivity contribution is -0.138. The zero-order chi connectivity index (χ0) is 33.0. The first-order chi connectivity index (χ1) is 21.4. The number of aliphatic hydroxyl groups is 1. The second-order valence-electron chi connectivity index (χ2n) is 11.9. The van der Waals surface area contributed by atoms with E-state index in [4.69, 9.17) is 0 Å². The van der Waals surface area contributed by atoms with Crippen molar-refractivity contribution in [3.8, 4) is 0 Å². The average molecular weight is 639 g/mol. The molecule has 12 heteroatoms. The molecule has 0 saturated carbocycles. The number of carboxylic acid groups (broad SMARTS) is 2. The second-order valence-corrected chi connectivity index (χ2v) is 12.4. The van der Waals surface area contributed by atoms with E-state index < -0.39 is 11.9 Å². The summed E-state index contributed by atoms with van der Waals surface area (Å²) in [5, 5.41) is 34.1. The zero-order valence-corrected chi connectivity index (χ0v) is 26.9. The molecule has 0 aliphatic carbocycles. The van der Waals surface area contributed by atoms with Gasteiger partial charge in [-0.2, -0.15) is 12.6 Å². The van der Waals surface area contributed by atoms with Crippen molar-refractivity contribution in [1.29, 1.82) is 0 Å². The first-order valence-corrected chi connectivity index (χ1v) is 15.8. The highest BCUT2D eigenvalue weighted by Crippen LogP contribution is 2.34.